The molecule has 3 nitrogen and oxygen atoms in total. The van der Waals surface area contributed by atoms with Gasteiger partial charge in [0, 0.05) is 0 Å². The quantitative estimate of drug-likeness (QED) is 0.327. The summed E-state index contributed by atoms with van der Waals surface area (Å²) in [5.74, 6) is -0.0929. The lowest BCUT2D eigenvalue weighted by Gasteiger charge is -1.99. The predicted octanol–water partition coefficient (Wildman–Crippen LogP) is 4.35. The van der Waals surface area contributed by atoms with E-state index < -0.39 is 10.1 Å². The maximum absolute atomic E-state index is 10.5. The van der Waals surface area contributed by atoms with Crippen molar-refractivity contribution in [1.82, 2.24) is 0 Å². The van der Waals surface area contributed by atoms with E-state index in [0.717, 1.165) is 25.7 Å². The normalized spacial score (nSPS) is 12.3. The van der Waals surface area contributed by atoms with E-state index in [4.69, 9.17) is 4.55 Å². The van der Waals surface area contributed by atoms with Gasteiger partial charge in [0.2, 0.25) is 0 Å². The number of allylic oxidation sites excluding steroid dienone is 2. The molecule has 0 aromatic rings. The van der Waals surface area contributed by atoms with Gasteiger partial charge in [-0.3, -0.25) is 4.55 Å². The molecular weight excluding hydrogens is 248 g/mol. The van der Waals surface area contributed by atoms with Crippen molar-refractivity contribution in [3.8, 4) is 0 Å². The summed E-state index contributed by atoms with van der Waals surface area (Å²) in [7, 11) is -3.75. The van der Waals surface area contributed by atoms with Crippen molar-refractivity contribution in [2.45, 2.75) is 71.1 Å². The summed E-state index contributed by atoms with van der Waals surface area (Å²) in [6, 6.07) is 0. The molecular formula is C14H28O3S. The van der Waals surface area contributed by atoms with Gasteiger partial charge in [0.1, 0.15) is 0 Å². The van der Waals surface area contributed by atoms with Crippen LogP contribution < -0.4 is 0 Å². The molecule has 0 saturated carbocycles. The van der Waals surface area contributed by atoms with E-state index in [1.54, 1.807) is 0 Å². The van der Waals surface area contributed by atoms with Gasteiger partial charge in [-0.25, -0.2) is 0 Å². The minimum absolute atomic E-state index is 0.0929. The Morgan fingerprint density at radius 3 is 1.89 bits per heavy atom. The smallest absolute Gasteiger partial charge is 0.264 e. The maximum atomic E-state index is 10.5. The maximum Gasteiger partial charge on any atom is 0.264 e. The van der Waals surface area contributed by atoms with Crippen LogP contribution in [0.25, 0.3) is 0 Å². The molecule has 0 atom stereocenters. The number of unbranched alkanes of at least 4 members (excludes halogenated alkanes) is 8. The van der Waals surface area contributed by atoms with Gasteiger partial charge in [-0.1, -0.05) is 51.2 Å². The third kappa shape index (κ3) is 15.6. The van der Waals surface area contributed by atoms with Crippen LogP contribution in [0.3, 0.4) is 0 Å². The average Bonchev–Trinajstić information content (AvgIpc) is 2.29. The number of hydrogen-bond acceptors (Lipinski definition) is 2. The Bertz CT molecular complexity index is 294. The monoisotopic (exact) mass is 276 g/mol. The van der Waals surface area contributed by atoms with E-state index in [1.165, 1.54) is 32.1 Å². The number of hydrogen-bond donors (Lipinski definition) is 1. The molecule has 1 N–H and O–H groups in total. The highest BCUT2D eigenvalue weighted by Crippen LogP contribution is 2.07. The Kier molecular flexibility index (Phi) is 11.5. The van der Waals surface area contributed by atoms with Crippen molar-refractivity contribution < 1.29 is 13.0 Å². The number of rotatable bonds is 12. The van der Waals surface area contributed by atoms with E-state index in [-0.39, 0.29) is 5.75 Å². The molecule has 0 rings (SSSR count). The van der Waals surface area contributed by atoms with Gasteiger partial charge in [-0.2, -0.15) is 8.42 Å². The molecule has 0 aliphatic rings. The average molecular weight is 276 g/mol. The molecule has 0 aliphatic heterocycles. The lowest BCUT2D eigenvalue weighted by molar-refractivity contribution is 0.479. The van der Waals surface area contributed by atoms with Gasteiger partial charge >= 0.3 is 0 Å². The van der Waals surface area contributed by atoms with Gasteiger partial charge in [0.25, 0.3) is 10.1 Å². The van der Waals surface area contributed by atoms with Gasteiger partial charge < -0.3 is 0 Å². The molecule has 0 spiro atoms. The van der Waals surface area contributed by atoms with E-state index in [0.29, 0.717) is 6.42 Å². The Balaban J connectivity index is 3.16. The van der Waals surface area contributed by atoms with E-state index in [2.05, 4.69) is 19.1 Å². The second kappa shape index (κ2) is 11.7. The lowest BCUT2D eigenvalue weighted by Crippen LogP contribution is -2.03. The highest BCUT2D eigenvalue weighted by atomic mass is 32.2. The molecule has 108 valence electrons. The molecule has 0 unspecified atom stereocenters. The zero-order chi connectivity index (χ0) is 13.7. The molecule has 0 fully saturated rings. The summed E-state index contributed by atoms with van der Waals surface area (Å²) in [5.41, 5.74) is 0. The first-order valence-electron chi connectivity index (χ1n) is 7.16. The van der Waals surface area contributed by atoms with Crippen LogP contribution in [0, 0.1) is 0 Å². The fourth-order valence-corrected chi connectivity index (χ4v) is 2.39. The minimum Gasteiger partial charge on any atom is -0.286 e. The molecule has 0 aliphatic carbocycles. The van der Waals surface area contributed by atoms with Crippen molar-refractivity contribution in [2.75, 3.05) is 5.75 Å². The predicted molar refractivity (Wildman–Crippen MR) is 77.4 cm³/mol. The van der Waals surface area contributed by atoms with Crippen LogP contribution in [0.15, 0.2) is 12.2 Å². The fourth-order valence-electron chi connectivity index (χ4n) is 1.82. The van der Waals surface area contributed by atoms with Crippen molar-refractivity contribution in [1.29, 1.82) is 0 Å². The standard InChI is InChI=1S/C14H28O3S/c1-2-3-4-5-6-7-8-9-10-11-12-13-14-18(15,16)17/h6-7H,2-5,8-14H2,1H3,(H,15,16,17)/b7-6+. The Morgan fingerprint density at radius 1 is 0.833 bits per heavy atom. The van der Waals surface area contributed by atoms with Crippen LogP contribution in [0.1, 0.15) is 71.1 Å². The molecule has 0 saturated heterocycles. The molecule has 0 aromatic carbocycles. The first-order valence-corrected chi connectivity index (χ1v) is 8.77. The van der Waals surface area contributed by atoms with Crippen molar-refractivity contribution in [3.63, 3.8) is 0 Å². The minimum atomic E-state index is -3.75. The molecule has 0 amide bonds. The van der Waals surface area contributed by atoms with E-state index >= 15 is 0 Å². The van der Waals surface area contributed by atoms with Crippen LogP contribution >= 0.6 is 0 Å². The van der Waals surface area contributed by atoms with Gasteiger partial charge in [0.05, 0.1) is 5.75 Å². The second-order valence-electron chi connectivity index (χ2n) is 4.81. The van der Waals surface area contributed by atoms with Crippen LogP contribution in [-0.2, 0) is 10.1 Å². The van der Waals surface area contributed by atoms with Gasteiger partial charge in [-0.15, -0.1) is 0 Å². The van der Waals surface area contributed by atoms with E-state index in [1.807, 2.05) is 0 Å². The van der Waals surface area contributed by atoms with Crippen LogP contribution in [0.4, 0.5) is 0 Å². The molecule has 0 bridgehead atoms. The van der Waals surface area contributed by atoms with Crippen molar-refractivity contribution >= 4 is 10.1 Å². The van der Waals surface area contributed by atoms with Crippen molar-refractivity contribution in [3.05, 3.63) is 12.2 Å². The Morgan fingerprint density at radius 2 is 1.33 bits per heavy atom. The first kappa shape index (κ1) is 17.6. The summed E-state index contributed by atoms with van der Waals surface area (Å²) in [4.78, 5) is 0. The molecule has 0 heterocycles. The summed E-state index contributed by atoms with van der Waals surface area (Å²) in [6.07, 6.45) is 15.6. The summed E-state index contributed by atoms with van der Waals surface area (Å²) < 4.78 is 29.5. The second-order valence-corrected chi connectivity index (χ2v) is 6.38. The summed E-state index contributed by atoms with van der Waals surface area (Å²) in [6.45, 7) is 2.21. The first-order chi connectivity index (χ1) is 8.56. The topological polar surface area (TPSA) is 54.4 Å². The van der Waals surface area contributed by atoms with Crippen LogP contribution in [0.5, 0.6) is 0 Å². The third-order valence-electron chi connectivity index (χ3n) is 2.91. The van der Waals surface area contributed by atoms with Crippen LogP contribution in [-0.4, -0.2) is 18.7 Å². The Labute approximate surface area is 112 Å². The Hall–Kier alpha value is -0.350. The summed E-state index contributed by atoms with van der Waals surface area (Å²) >= 11 is 0. The fraction of sp³-hybridized carbons (Fsp3) is 0.857. The van der Waals surface area contributed by atoms with Gasteiger partial charge in [0.15, 0.2) is 0 Å². The van der Waals surface area contributed by atoms with E-state index in [9.17, 15) is 8.42 Å². The molecule has 18 heavy (non-hydrogen) atoms. The molecule has 0 radical (unpaired) electrons. The zero-order valence-corrected chi connectivity index (χ0v) is 12.4. The molecule has 4 heteroatoms. The SMILES string of the molecule is CCCCC/C=C/CCCCCCCS(=O)(=O)O. The largest absolute Gasteiger partial charge is 0.286 e. The lowest BCUT2D eigenvalue weighted by atomic mass is 10.1. The van der Waals surface area contributed by atoms with Crippen LogP contribution in [0.2, 0.25) is 0 Å². The van der Waals surface area contributed by atoms with Gasteiger partial charge in [-0.05, 0) is 32.1 Å². The molecule has 0 aromatic heterocycles. The highest BCUT2D eigenvalue weighted by molar-refractivity contribution is 7.85. The third-order valence-corrected chi connectivity index (χ3v) is 3.72. The summed E-state index contributed by atoms with van der Waals surface area (Å²) in [5, 5.41) is 0. The van der Waals surface area contributed by atoms with Crippen molar-refractivity contribution in [2.24, 2.45) is 0 Å². The highest BCUT2D eigenvalue weighted by Gasteiger charge is 2.02. The zero-order valence-electron chi connectivity index (χ0n) is 11.6.